The van der Waals surface area contributed by atoms with Crippen molar-refractivity contribution in [2.45, 2.75) is 13.0 Å². The van der Waals surface area contributed by atoms with Crippen LogP contribution in [0, 0.1) is 0 Å². The lowest BCUT2D eigenvalue weighted by atomic mass is 10.3. The number of thioether (sulfide) groups is 1. The average molecular weight is 176 g/mol. The first-order valence-corrected chi connectivity index (χ1v) is 5.03. The lowest BCUT2D eigenvalue weighted by Crippen LogP contribution is -2.37. The third kappa shape index (κ3) is 6.19. The third-order valence-corrected chi connectivity index (χ3v) is 1.92. The molecule has 11 heavy (non-hydrogen) atoms. The van der Waals surface area contributed by atoms with E-state index in [0.717, 1.165) is 0 Å². The quantitative estimate of drug-likeness (QED) is 0.623. The largest absolute Gasteiger partial charge is 0.354 e. The molecule has 0 aromatic carbocycles. The maximum Gasteiger partial charge on any atom is 0.230 e. The predicted molar refractivity (Wildman–Crippen MR) is 49.9 cm³/mol. The molecule has 0 aliphatic carbocycles. The number of nitrogens with one attached hydrogen (secondary N) is 2. The fourth-order valence-electron chi connectivity index (χ4n) is 0.551. The Labute approximate surface area is 72.3 Å². The molecule has 0 aromatic rings. The Bertz CT molecular complexity index is 119. The highest BCUT2D eigenvalue weighted by Crippen LogP contribution is 1.89. The van der Waals surface area contributed by atoms with Gasteiger partial charge in [0.15, 0.2) is 0 Å². The average Bonchev–Trinajstić information content (AvgIpc) is 2.01. The highest BCUT2D eigenvalue weighted by atomic mass is 32.2. The Morgan fingerprint density at radius 1 is 1.64 bits per heavy atom. The van der Waals surface area contributed by atoms with Gasteiger partial charge in [0.2, 0.25) is 5.91 Å². The molecule has 0 bridgehead atoms. The number of likely N-dealkylation sites (N-methyl/N-ethyl adjacent to an activating group) is 1. The molecule has 0 aromatic heterocycles. The molecule has 66 valence electrons. The third-order valence-electron chi connectivity index (χ3n) is 1.37. The first kappa shape index (κ1) is 10.8. The van der Waals surface area contributed by atoms with Gasteiger partial charge in [-0.1, -0.05) is 0 Å². The van der Waals surface area contributed by atoms with E-state index >= 15 is 0 Å². The van der Waals surface area contributed by atoms with Crippen LogP contribution in [0.5, 0.6) is 0 Å². The van der Waals surface area contributed by atoms with E-state index in [1.165, 1.54) is 11.8 Å². The van der Waals surface area contributed by atoms with Gasteiger partial charge in [0, 0.05) is 12.6 Å². The van der Waals surface area contributed by atoms with Gasteiger partial charge < -0.3 is 10.6 Å². The molecular formula is C7H16N2OS. The van der Waals surface area contributed by atoms with E-state index in [-0.39, 0.29) is 5.91 Å². The van der Waals surface area contributed by atoms with Gasteiger partial charge in [0.25, 0.3) is 0 Å². The summed E-state index contributed by atoms with van der Waals surface area (Å²) in [6.07, 6.45) is 1.92. The van der Waals surface area contributed by atoms with E-state index in [9.17, 15) is 4.79 Å². The zero-order chi connectivity index (χ0) is 8.69. The first-order chi connectivity index (χ1) is 5.20. The number of carbonyl (C=O) groups excluding carboxylic acids is 1. The molecule has 0 aliphatic rings. The van der Waals surface area contributed by atoms with Crippen molar-refractivity contribution in [3.8, 4) is 0 Å². The molecule has 4 heteroatoms. The summed E-state index contributed by atoms with van der Waals surface area (Å²) in [4.78, 5) is 10.9. The molecule has 1 unspecified atom stereocenters. The van der Waals surface area contributed by atoms with Gasteiger partial charge in [-0.3, -0.25) is 4.79 Å². The minimum atomic E-state index is 0.111. The SMILES string of the molecule is CNC(C)CNC(=O)CSC. The number of hydrogen-bond acceptors (Lipinski definition) is 3. The number of carbonyl (C=O) groups is 1. The minimum Gasteiger partial charge on any atom is -0.354 e. The van der Waals surface area contributed by atoms with E-state index in [4.69, 9.17) is 0 Å². The predicted octanol–water partition coefficient (Wildman–Crippen LogP) is 0.0735. The van der Waals surface area contributed by atoms with Crippen molar-refractivity contribution in [3.05, 3.63) is 0 Å². The second kappa shape index (κ2) is 6.49. The summed E-state index contributed by atoms with van der Waals surface area (Å²) < 4.78 is 0. The molecule has 0 radical (unpaired) electrons. The van der Waals surface area contributed by atoms with Crippen LogP contribution in [0.4, 0.5) is 0 Å². The van der Waals surface area contributed by atoms with Gasteiger partial charge in [-0.2, -0.15) is 11.8 Å². The lowest BCUT2D eigenvalue weighted by Gasteiger charge is -2.10. The maximum absolute atomic E-state index is 10.9. The van der Waals surface area contributed by atoms with Crippen LogP contribution in [-0.4, -0.2) is 37.6 Å². The lowest BCUT2D eigenvalue weighted by molar-refractivity contribution is -0.118. The second-order valence-corrected chi connectivity index (χ2v) is 3.29. The molecule has 0 heterocycles. The van der Waals surface area contributed by atoms with E-state index in [1.807, 2.05) is 20.2 Å². The Kier molecular flexibility index (Phi) is 6.36. The zero-order valence-electron chi connectivity index (χ0n) is 7.31. The van der Waals surface area contributed by atoms with E-state index in [0.29, 0.717) is 18.3 Å². The van der Waals surface area contributed by atoms with Gasteiger partial charge in [-0.15, -0.1) is 0 Å². The molecule has 0 spiro atoms. The Hall–Kier alpha value is -0.220. The van der Waals surface area contributed by atoms with Crippen LogP contribution in [0.15, 0.2) is 0 Å². The first-order valence-electron chi connectivity index (χ1n) is 3.63. The summed E-state index contributed by atoms with van der Waals surface area (Å²) in [5.41, 5.74) is 0. The molecule has 1 atom stereocenters. The molecule has 0 aliphatic heterocycles. The second-order valence-electron chi connectivity index (χ2n) is 2.43. The van der Waals surface area contributed by atoms with Gasteiger partial charge in [0.05, 0.1) is 5.75 Å². The minimum absolute atomic E-state index is 0.111. The number of rotatable bonds is 5. The Morgan fingerprint density at radius 2 is 2.27 bits per heavy atom. The van der Waals surface area contributed by atoms with Crippen molar-refractivity contribution < 1.29 is 4.79 Å². The monoisotopic (exact) mass is 176 g/mol. The van der Waals surface area contributed by atoms with Crippen LogP contribution in [-0.2, 0) is 4.79 Å². The fourth-order valence-corrected chi connectivity index (χ4v) is 0.915. The van der Waals surface area contributed by atoms with Crippen molar-refractivity contribution >= 4 is 17.7 Å². The van der Waals surface area contributed by atoms with Crippen LogP contribution in [0.1, 0.15) is 6.92 Å². The van der Waals surface area contributed by atoms with E-state index in [1.54, 1.807) is 0 Å². The van der Waals surface area contributed by atoms with Gasteiger partial charge in [-0.25, -0.2) is 0 Å². The Morgan fingerprint density at radius 3 is 2.73 bits per heavy atom. The van der Waals surface area contributed by atoms with Crippen LogP contribution in [0.2, 0.25) is 0 Å². The summed E-state index contributed by atoms with van der Waals surface area (Å²) in [5.74, 6) is 0.663. The van der Waals surface area contributed by atoms with Gasteiger partial charge in [-0.05, 0) is 20.2 Å². The number of hydrogen-bond donors (Lipinski definition) is 2. The summed E-state index contributed by atoms with van der Waals surface area (Å²) >= 11 is 1.54. The molecule has 2 N–H and O–H groups in total. The smallest absolute Gasteiger partial charge is 0.230 e. The van der Waals surface area contributed by atoms with Crippen molar-refractivity contribution in [2.75, 3.05) is 25.6 Å². The standard InChI is InChI=1S/C7H16N2OS/c1-6(8-2)4-9-7(10)5-11-3/h6,8H,4-5H2,1-3H3,(H,9,10). The topological polar surface area (TPSA) is 41.1 Å². The van der Waals surface area contributed by atoms with Crippen molar-refractivity contribution in [2.24, 2.45) is 0 Å². The fraction of sp³-hybridized carbons (Fsp3) is 0.857. The van der Waals surface area contributed by atoms with E-state index in [2.05, 4.69) is 10.6 Å². The molecule has 1 amide bonds. The maximum atomic E-state index is 10.9. The summed E-state index contributed by atoms with van der Waals surface area (Å²) in [7, 11) is 1.88. The van der Waals surface area contributed by atoms with Crippen LogP contribution < -0.4 is 10.6 Å². The Balaban J connectivity index is 3.30. The summed E-state index contributed by atoms with van der Waals surface area (Å²) in [6.45, 7) is 2.73. The van der Waals surface area contributed by atoms with Gasteiger partial charge in [0.1, 0.15) is 0 Å². The van der Waals surface area contributed by atoms with Crippen LogP contribution in [0.25, 0.3) is 0 Å². The molecule has 0 saturated heterocycles. The van der Waals surface area contributed by atoms with Crippen molar-refractivity contribution in [1.29, 1.82) is 0 Å². The highest BCUT2D eigenvalue weighted by molar-refractivity contribution is 7.99. The zero-order valence-corrected chi connectivity index (χ0v) is 8.12. The van der Waals surface area contributed by atoms with Crippen LogP contribution in [0.3, 0.4) is 0 Å². The highest BCUT2D eigenvalue weighted by Gasteiger charge is 2.01. The molecule has 0 rings (SSSR count). The summed E-state index contributed by atoms with van der Waals surface area (Å²) in [5, 5.41) is 5.85. The van der Waals surface area contributed by atoms with Gasteiger partial charge >= 0.3 is 0 Å². The summed E-state index contributed by atoms with van der Waals surface area (Å²) in [6, 6.07) is 0.348. The molecule has 3 nitrogen and oxygen atoms in total. The van der Waals surface area contributed by atoms with Crippen LogP contribution >= 0.6 is 11.8 Å². The van der Waals surface area contributed by atoms with Crippen molar-refractivity contribution in [3.63, 3.8) is 0 Å². The van der Waals surface area contributed by atoms with E-state index < -0.39 is 0 Å². The molecule has 0 saturated carbocycles. The number of amides is 1. The normalized spacial score (nSPS) is 12.6. The molecule has 0 fully saturated rings. The van der Waals surface area contributed by atoms with Crippen molar-refractivity contribution in [1.82, 2.24) is 10.6 Å². The molecular weight excluding hydrogens is 160 g/mol.